The van der Waals surface area contributed by atoms with Crippen LogP contribution in [-0.2, 0) is 4.79 Å². The maximum absolute atomic E-state index is 12.0. The van der Waals surface area contributed by atoms with Crippen molar-refractivity contribution in [3.05, 3.63) is 28.2 Å². The molecule has 0 radical (unpaired) electrons. The van der Waals surface area contributed by atoms with E-state index in [9.17, 15) is 9.90 Å². The number of hydrogen-bond donors (Lipinski definition) is 1. The van der Waals surface area contributed by atoms with Crippen LogP contribution in [0, 0.1) is 0 Å². The van der Waals surface area contributed by atoms with Crippen LogP contribution in [0.5, 0.6) is 5.75 Å². The number of benzene rings is 1. The van der Waals surface area contributed by atoms with Gasteiger partial charge in [-0.05, 0) is 38.0 Å². The highest BCUT2D eigenvalue weighted by molar-refractivity contribution is 6.35. The minimum absolute atomic E-state index is 0.0660. The molecule has 1 amide bonds. The average molecular weight is 318 g/mol. The van der Waals surface area contributed by atoms with E-state index in [0.717, 1.165) is 0 Å². The van der Waals surface area contributed by atoms with Crippen LogP contribution in [0.15, 0.2) is 18.2 Å². The van der Waals surface area contributed by atoms with Crippen LogP contribution in [0.25, 0.3) is 0 Å². The Kier molecular flexibility index (Phi) is 4.78. The van der Waals surface area contributed by atoms with Crippen molar-refractivity contribution in [3.8, 4) is 5.75 Å². The van der Waals surface area contributed by atoms with Gasteiger partial charge in [-0.15, -0.1) is 0 Å². The number of carbonyl (C=O) groups is 1. The lowest BCUT2D eigenvalue weighted by Crippen LogP contribution is -2.46. The SMILES string of the molecule is CC1(O)CCN(C(=O)COc2ccc(Cl)cc2Cl)CC1. The van der Waals surface area contributed by atoms with E-state index in [1.807, 2.05) is 0 Å². The molecule has 1 saturated heterocycles. The molecule has 1 heterocycles. The topological polar surface area (TPSA) is 49.8 Å². The van der Waals surface area contributed by atoms with Crippen LogP contribution in [0.2, 0.25) is 10.0 Å². The Morgan fingerprint density at radius 3 is 2.65 bits per heavy atom. The van der Waals surface area contributed by atoms with Gasteiger partial charge in [0.15, 0.2) is 6.61 Å². The number of likely N-dealkylation sites (tertiary alicyclic amines) is 1. The van der Waals surface area contributed by atoms with Crippen molar-refractivity contribution in [2.45, 2.75) is 25.4 Å². The van der Waals surface area contributed by atoms with E-state index in [0.29, 0.717) is 41.7 Å². The minimum atomic E-state index is -0.670. The van der Waals surface area contributed by atoms with Gasteiger partial charge in [-0.2, -0.15) is 0 Å². The highest BCUT2D eigenvalue weighted by Crippen LogP contribution is 2.27. The van der Waals surface area contributed by atoms with Crippen LogP contribution >= 0.6 is 23.2 Å². The molecule has 2 rings (SSSR count). The molecule has 1 aromatic carbocycles. The number of halogens is 2. The summed E-state index contributed by atoms with van der Waals surface area (Å²) in [5.74, 6) is 0.333. The van der Waals surface area contributed by atoms with Crippen molar-refractivity contribution < 1.29 is 14.6 Å². The molecule has 0 unspecified atom stereocenters. The van der Waals surface area contributed by atoms with Crippen LogP contribution in [0.1, 0.15) is 19.8 Å². The summed E-state index contributed by atoms with van der Waals surface area (Å²) in [4.78, 5) is 13.7. The monoisotopic (exact) mass is 317 g/mol. The third-order valence-electron chi connectivity index (χ3n) is 3.44. The fourth-order valence-corrected chi connectivity index (χ4v) is 2.52. The highest BCUT2D eigenvalue weighted by atomic mass is 35.5. The minimum Gasteiger partial charge on any atom is -0.482 e. The Bertz CT molecular complexity index is 495. The molecule has 0 atom stereocenters. The molecule has 1 aliphatic heterocycles. The van der Waals surface area contributed by atoms with Crippen molar-refractivity contribution in [3.63, 3.8) is 0 Å². The third kappa shape index (κ3) is 4.01. The average Bonchev–Trinajstić information content (AvgIpc) is 2.37. The molecule has 0 saturated carbocycles. The summed E-state index contributed by atoms with van der Waals surface area (Å²) in [5, 5.41) is 10.7. The molecule has 0 aromatic heterocycles. The number of aliphatic hydroxyl groups is 1. The Morgan fingerprint density at radius 1 is 1.40 bits per heavy atom. The van der Waals surface area contributed by atoms with Gasteiger partial charge >= 0.3 is 0 Å². The summed E-state index contributed by atoms with van der Waals surface area (Å²) in [6.45, 7) is 2.81. The molecule has 110 valence electrons. The lowest BCUT2D eigenvalue weighted by molar-refractivity contribution is -0.137. The number of amides is 1. The van der Waals surface area contributed by atoms with E-state index >= 15 is 0 Å². The second-order valence-electron chi connectivity index (χ2n) is 5.24. The lowest BCUT2D eigenvalue weighted by atomic mass is 9.94. The van der Waals surface area contributed by atoms with Gasteiger partial charge in [-0.3, -0.25) is 4.79 Å². The van der Waals surface area contributed by atoms with Crippen molar-refractivity contribution >= 4 is 29.1 Å². The van der Waals surface area contributed by atoms with Crippen molar-refractivity contribution in [2.75, 3.05) is 19.7 Å². The molecular formula is C14H17Cl2NO3. The summed E-state index contributed by atoms with van der Waals surface area (Å²) in [6.07, 6.45) is 1.17. The molecule has 0 spiro atoms. The van der Waals surface area contributed by atoms with Crippen LogP contribution in [0.4, 0.5) is 0 Å². The first-order valence-corrected chi connectivity index (χ1v) is 7.21. The van der Waals surface area contributed by atoms with Gasteiger partial charge in [-0.1, -0.05) is 23.2 Å². The van der Waals surface area contributed by atoms with Crippen LogP contribution in [-0.4, -0.2) is 41.2 Å². The van der Waals surface area contributed by atoms with Crippen LogP contribution in [0.3, 0.4) is 0 Å². The quantitative estimate of drug-likeness (QED) is 0.932. The number of rotatable bonds is 3. The molecule has 1 N–H and O–H groups in total. The molecular weight excluding hydrogens is 301 g/mol. The molecule has 0 bridgehead atoms. The van der Waals surface area contributed by atoms with Gasteiger partial charge in [0.25, 0.3) is 5.91 Å². The number of nitrogens with zero attached hydrogens (tertiary/aromatic N) is 1. The van der Waals surface area contributed by atoms with E-state index in [4.69, 9.17) is 27.9 Å². The first-order valence-electron chi connectivity index (χ1n) is 6.45. The largest absolute Gasteiger partial charge is 0.482 e. The van der Waals surface area contributed by atoms with Gasteiger partial charge in [0, 0.05) is 18.1 Å². The first-order chi connectivity index (χ1) is 9.37. The summed E-state index contributed by atoms with van der Waals surface area (Å²) >= 11 is 11.8. The van der Waals surface area contributed by atoms with Gasteiger partial charge in [0.2, 0.25) is 0 Å². The molecule has 0 aliphatic carbocycles. The second kappa shape index (κ2) is 6.20. The number of piperidine rings is 1. The normalized spacial score (nSPS) is 17.9. The fraction of sp³-hybridized carbons (Fsp3) is 0.500. The number of carbonyl (C=O) groups excluding carboxylic acids is 1. The van der Waals surface area contributed by atoms with Gasteiger partial charge in [0.1, 0.15) is 5.75 Å². The van der Waals surface area contributed by atoms with E-state index in [1.54, 1.807) is 30.0 Å². The highest BCUT2D eigenvalue weighted by Gasteiger charge is 2.29. The van der Waals surface area contributed by atoms with E-state index in [1.165, 1.54) is 0 Å². The van der Waals surface area contributed by atoms with E-state index < -0.39 is 5.60 Å². The summed E-state index contributed by atoms with van der Waals surface area (Å²) in [5.41, 5.74) is -0.670. The molecule has 6 heteroatoms. The van der Waals surface area contributed by atoms with Gasteiger partial charge < -0.3 is 14.7 Å². The maximum atomic E-state index is 12.0. The molecule has 1 fully saturated rings. The number of ether oxygens (including phenoxy) is 1. The fourth-order valence-electron chi connectivity index (χ4n) is 2.06. The summed E-state index contributed by atoms with van der Waals surface area (Å²) in [7, 11) is 0. The standard InChI is InChI=1S/C14H17Cl2NO3/c1-14(19)4-6-17(7-5-14)13(18)9-20-12-3-2-10(15)8-11(12)16/h2-3,8,19H,4-7,9H2,1H3. The Balaban J connectivity index is 1.86. The zero-order valence-electron chi connectivity index (χ0n) is 11.2. The predicted molar refractivity (Wildman–Crippen MR) is 78.4 cm³/mol. The lowest BCUT2D eigenvalue weighted by Gasteiger charge is -2.35. The third-order valence-corrected chi connectivity index (χ3v) is 3.97. The van der Waals surface area contributed by atoms with Crippen molar-refractivity contribution in [2.24, 2.45) is 0 Å². The smallest absolute Gasteiger partial charge is 0.260 e. The molecule has 4 nitrogen and oxygen atoms in total. The Morgan fingerprint density at radius 2 is 2.05 bits per heavy atom. The van der Waals surface area contributed by atoms with E-state index in [2.05, 4.69) is 0 Å². The van der Waals surface area contributed by atoms with Gasteiger partial charge in [0.05, 0.1) is 10.6 Å². The van der Waals surface area contributed by atoms with Crippen molar-refractivity contribution in [1.29, 1.82) is 0 Å². The van der Waals surface area contributed by atoms with E-state index in [-0.39, 0.29) is 12.5 Å². The molecule has 1 aliphatic rings. The van der Waals surface area contributed by atoms with Crippen molar-refractivity contribution in [1.82, 2.24) is 4.90 Å². The molecule has 1 aromatic rings. The van der Waals surface area contributed by atoms with Gasteiger partial charge in [-0.25, -0.2) is 0 Å². The Labute approximate surface area is 128 Å². The second-order valence-corrected chi connectivity index (χ2v) is 6.08. The summed E-state index contributed by atoms with van der Waals surface area (Å²) in [6, 6.07) is 4.87. The molecule has 20 heavy (non-hydrogen) atoms. The zero-order valence-corrected chi connectivity index (χ0v) is 12.7. The Hall–Kier alpha value is -0.970. The summed E-state index contributed by atoms with van der Waals surface area (Å²) < 4.78 is 5.41. The first kappa shape index (κ1) is 15.4. The number of hydrogen-bond acceptors (Lipinski definition) is 3. The van der Waals surface area contributed by atoms with Crippen LogP contribution < -0.4 is 4.74 Å². The predicted octanol–water partition coefficient (Wildman–Crippen LogP) is 2.75. The zero-order chi connectivity index (χ0) is 14.8. The maximum Gasteiger partial charge on any atom is 0.260 e.